The Morgan fingerprint density at radius 3 is 2.54 bits per heavy atom. The fourth-order valence-corrected chi connectivity index (χ4v) is 4.70. The maximum atomic E-state index is 13.1. The van der Waals surface area contributed by atoms with E-state index in [1.54, 1.807) is 25.1 Å². The van der Waals surface area contributed by atoms with Crippen LogP contribution in [0.25, 0.3) is 11.3 Å². The van der Waals surface area contributed by atoms with Gasteiger partial charge in [-0.05, 0) is 50.5 Å². The number of carbonyl (C=O) groups is 1. The fourth-order valence-electron chi connectivity index (χ4n) is 4.70. The van der Waals surface area contributed by atoms with E-state index in [0.29, 0.717) is 40.8 Å². The van der Waals surface area contributed by atoms with E-state index in [-0.39, 0.29) is 37.8 Å². The van der Waals surface area contributed by atoms with Gasteiger partial charge in [-0.15, -0.1) is 0 Å². The SMILES string of the molecule is COc1cc(C(=O)CCC(C)(O)c2cc3c(c(-c4ccc(C)cc4)n2)OCC3(N)C(C)C)ccc1OCCO. The second-order valence-electron chi connectivity index (χ2n) is 10.7. The number of pyridine rings is 1. The molecule has 0 fully saturated rings. The number of methoxy groups -OCH3 is 1. The first-order valence-electron chi connectivity index (χ1n) is 13.2. The first-order chi connectivity index (χ1) is 18.5. The van der Waals surface area contributed by atoms with E-state index >= 15 is 0 Å². The van der Waals surface area contributed by atoms with Crippen LogP contribution < -0.4 is 19.9 Å². The number of ketones is 1. The number of rotatable bonds is 11. The number of aliphatic hydroxyl groups excluding tert-OH is 1. The summed E-state index contributed by atoms with van der Waals surface area (Å²) in [7, 11) is 1.49. The molecular weight excluding hydrogens is 496 g/mol. The number of hydrogen-bond acceptors (Lipinski definition) is 8. The average Bonchev–Trinajstić information content (AvgIpc) is 3.28. The summed E-state index contributed by atoms with van der Waals surface area (Å²) >= 11 is 0. The number of nitrogens with two attached hydrogens (primary N) is 1. The van der Waals surface area contributed by atoms with Gasteiger partial charge in [-0.25, -0.2) is 4.98 Å². The maximum absolute atomic E-state index is 13.1. The number of nitrogens with zero attached hydrogens (tertiary/aromatic N) is 1. The van der Waals surface area contributed by atoms with Crippen molar-refractivity contribution in [2.24, 2.45) is 11.7 Å². The average molecular weight is 535 g/mol. The van der Waals surface area contributed by atoms with Gasteiger partial charge in [0.1, 0.15) is 24.5 Å². The fraction of sp³-hybridized carbons (Fsp3) is 0.419. The number of aryl methyl sites for hydroxylation is 1. The zero-order chi connectivity index (χ0) is 28.4. The molecule has 0 bridgehead atoms. The lowest BCUT2D eigenvalue weighted by molar-refractivity contribution is 0.0396. The van der Waals surface area contributed by atoms with Crippen molar-refractivity contribution in [3.05, 3.63) is 70.9 Å². The van der Waals surface area contributed by atoms with E-state index in [1.165, 1.54) is 7.11 Å². The monoisotopic (exact) mass is 534 g/mol. The van der Waals surface area contributed by atoms with E-state index in [1.807, 2.05) is 37.3 Å². The summed E-state index contributed by atoms with van der Waals surface area (Å²) in [6.07, 6.45) is 0.232. The smallest absolute Gasteiger partial charge is 0.163 e. The molecule has 8 nitrogen and oxygen atoms in total. The van der Waals surface area contributed by atoms with Crippen molar-refractivity contribution in [2.75, 3.05) is 26.9 Å². The summed E-state index contributed by atoms with van der Waals surface area (Å²) in [6.45, 7) is 8.11. The lowest BCUT2D eigenvalue weighted by Gasteiger charge is -2.29. The molecule has 208 valence electrons. The molecule has 0 aliphatic carbocycles. The van der Waals surface area contributed by atoms with Gasteiger partial charge in [-0.1, -0.05) is 43.7 Å². The number of aromatic nitrogens is 1. The predicted octanol–water partition coefficient (Wildman–Crippen LogP) is 4.51. The lowest BCUT2D eigenvalue weighted by atomic mass is 9.80. The van der Waals surface area contributed by atoms with Crippen molar-refractivity contribution in [1.82, 2.24) is 4.98 Å². The molecule has 2 atom stereocenters. The lowest BCUT2D eigenvalue weighted by Crippen LogP contribution is -2.43. The first-order valence-corrected chi connectivity index (χ1v) is 13.2. The van der Waals surface area contributed by atoms with Gasteiger partial charge < -0.3 is 30.2 Å². The highest BCUT2D eigenvalue weighted by atomic mass is 16.5. The third-order valence-corrected chi connectivity index (χ3v) is 7.51. The largest absolute Gasteiger partial charge is 0.493 e. The van der Waals surface area contributed by atoms with Crippen molar-refractivity contribution >= 4 is 5.78 Å². The van der Waals surface area contributed by atoms with E-state index in [4.69, 9.17) is 30.0 Å². The molecule has 2 aromatic carbocycles. The van der Waals surface area contributed by atoms with Crippen LogP contribution in [0.1, 0.15) is 60.8 Å². The highest BCUT2D eigenvalue weighted by Crippen LogP contribution is 2.46. The molecular formula is C31H38N2O6. The van der Waals surface area contributed by atoms with E-state index in [0.717, 1.165) is 16.7 Å². The van der Waals surface area contributed by atoms with Crippen molar-refractivity contribution < 1.29 is 29.2 Å². The minimum atomic E-state index is -1.40. The Hall–Kier alpha value is -3.46. The molecule has 0 saturated carbocycles. The zero-order valence-electron chi connectivity index (χ0n) is 23.3. The summed E-state index contributed by atoms with van der Waals surface area (Å²) in [6, 6.07) is 14.7. The van der Waals surface area contributed by atoms with Crippen LogP contribution in [0.4, 0.5) is 0 Å². The van der Waals surface area contributed by atoms with Crippen LogP contribution in [0.15, 0.2) is 48.5 Å². The topological polar surface area (TPSA) is 124 Å². The highest BCUT2D eigenvalue weighted by Gasteiger charge is 2.43. The van der Waals surface area contributed by atoms with Crippen LogP contribution >= 0.6 is 0 Å². The maximum Gasteiger partial charge on any atom is 0.163 e. The Bertz CT molecular complexity index is 1340. The van der Waals surface area contributed by atoms with Crippen LogP contribution in [-0.2, 0) is 11.1 Å². The minimum absolute atomic E-state index is 0.0834. The summed E-state index contributed by atoms with van der Waals surface area (Å²) < 4.78 is 16.9. The molecule has 3 aromatic rings. The van der Waals surface area contributed by atoms with Crippen LogP contribution in [0.2, 0.25) is 0 Å². The molecule has 0 saturated heterocycles. The number of fused-ring (bicyclic) bond motifs is 1. The molecule has 0 amide bonds. The molecule has 2 unspecified atom stereocenters. The van der Waals surface area contributed by atoms with Gasteiger partial charge in [0, 0.05) is 23.1 Å². The van der Waals surface area contributed by atoms with Crippen LogP contribution in [0.3, 0.4) is 0 Å². The molecule has 1 aromatic heterocycles. The van der Waals surface area contributed by atoms with Gasteiger partial charge in [0.15, 0.2) is 23.0 Å². The Morgan fingerprint density at radius 1 is 1.18 bits per heavy atom. The quantitative estimate of drug-likeness (QED) is 0.307. The molecule has 0 radical (unpaired) electrons. The Balaban J connectivity index is 1.64. The number of Topliss-reactive ketones (excluding diaryl/α,β-unsaturated/α-hetero) is 1. The third kappa shape index (κ3) is 5.78. The van der Waals surface area contributed by atoms with Gasteiger partial charge >= 0.3 is 0 Å². The van der Waals surface area contributed by atoms with Gasteiger partial charge in [-0.3, -0.25) is 4.79 Å². The first kappa shape index (κ1) is 28.5. The van der Waals surface area contributed by atoms with E-state index in [9.17, 15) is 9.90 Å². The van der Waals surface area contributed by atoms with Crippen LogP contribution in [0.5, 0.6) is 17.2 Å². The van der Waals surface area contributed by atoms with E-state index < -0.39 is 11.1 Å². The van der Waals surface area contributed by atoms with Crippen LogP contribution in [-0.4, -0.2) is 47.9 Å². The summed E-state index contributed by atoms with van der Waals surface area (Å²) in [5, 5.41) is 20.6. The van der Waals surface area contributed by atoms with E-state index in [2.05, 4.69) is 13.8 Å². The summed E-state index contributed by atoms with van der Waals surface area (Å²) in [5.74, 6) is 1.42. The standard InChI is InChI=1S/C31H38N2O6/c1-19(2)31(32)18-39-29-23(31)17-27(33-28(29)21-8-6-20(3)7-9-21)30(4,36)13-12-24(35)22-10-11-25(38-15-14-34)26(16-22)37-5/h6-11,16-17,19,34,36H,12-15,18,32H2,1-5H3. The van der Waals surface area contributed by atoms with Gasteiger partial charge in [0.05, 0.1) is 24.9 Å². The zero-order valence-corrected chi connectivity index (χ0v) is 23.3. The number of benzene rings is 2. The van der Waals surface area contributed by atoms with Crippen molar-refractivity contribution in [3.8, 4) is 28.5 Å². The second kappa shape index (κ2) is 11.3. The summed E-state index contributed by atoms with van der Waals surface area (Å²) in [4.78, 5) is 18.0. The van der Waals surface area contributed by atoms with Gasteiger partial charge in [-0.2, -0.15) is 0 Å². The molecule has 4 N–H and O–H groups in total. The molecule has 1 aliphatic heterocycles. The van der Waals surface area contributed by atoms with Crippen molar-refractivity contribution in [3.63, 3.8) is 0 Å². The van der Waals surface area contributed by atoms with Gasteiger partial charge in [0.25, 0.3) is 0 Å². The molecule has 8 heteroatoms. The molecule has 1 aliphatic rings. The second-order valence-corrected chi connectivity index (χ2v) is 10.7. The minimum Gasteiger partial charge on any atom is -0.493 e. The molecule has 4 rings (SSSR count). The third-order valence-electron chi connectivity index (χ3n) is 7.51. The predicted molar refractivity (Wildman–Crippen MR) is 149 cm³/mol. The Morgan fingerprint density at radius 2 is 1.90 bits per heavy atom. The van der Waals surface area contributed by atoms with Gasteiger partial charge in [0.2, 0.25) is 0 Å². The normalized spacial score (nSPS) is 17.9. The number of hydrogen-bond donors (Lipinski definition) is 3. The molecule has 39 heavy (non-hydrogen) atoms. The van der Waals surface area contributed by atoms with Crippen LogP contribution in [0, 0.1) is 12.8 Å². The molecule has 0 spiro atoms. The number of aliphatic hydroxyl groups is 2. The number of ether oxygens (including phenoxy) is 3. The number of carbonyl (C=O) groups excluding carboxylic acids is 1. The Kier molecular flexibility index (Phi) is 8.30. The Labute approximate surface area is 229 Å². The van der Waals surface area contributed by atoms with Crippen molar-refractivity contribution in [1.29, 1.82) is 0 Å². The molecule has 2 heterocycles. The van der Waals surface area contributed by atoms with Crippen molar-refractivity contribution in [2.45, 2.75) is 51.7 Å². The summed E-state index contributed by atoms with van der Waals surface area (Å²) in [5.41, 5.74) is 9.03. The highest BCUT2D eigenvalue weighted by molar-refractivity contribution is 5.96.